The van der Waals surface area contributed by atoms with Crippen molar-refractivity contribution in [2.45, 2.75) is 0 Å². The predicted molar refractivity (Wildman–Crippen MR) is 80.3 cm³/mol. The molecule has 116 valence electrons. The van der Waals surface area contributed by atoms with Gasteiger partial charge >= 0.3 is 5.97 Å². The minimum absolute atomic E-state index is 0.0519. The summed E-state index contributed by atoms with van der Waals surface area (Å²) in [6.45, 7) is 0. The quantitative estimate of drug-likeness (QED) is 0.674. The van der Waals surface area contributed by atoms with E-state index >= 15 is 0 Å². The summed E-state index contributed by atoms with van der Waals surface area (Å²) >= 11 is 0. The van der Waals surface area contributed by atoms with Gasteiger partial charge in [-0.15, -0.1) is 5.10 Å². The number of ether oxygens (including phenoxy) is 2. The van der Waals surface area contributed by atoms with Gasteiger partial charge in [-0.3, -0.25) is 4.98 Å². The highest BCUT2D eigenvalue weighted by Crippen LogP contribution is 2.20. The second kappa shape index (κ2) is 6.22. The largest absolute Gasteiger partial charge is 0.481 e. The molecule has 0 saturated carbocycles. The Labute approximate surface area is 131 Å². The Morgan fingerprint density at radius 1 is 1.13 bits per heavy atom. The van der Waals surface area contributed by atoms with Gasteiger partial charge in [0, 0.05) is 12.3 Å². The zero-order chi connectivity index (χ0) is 16.2. The summed E-state index contributed by atoms with van der Waals surface area (Å²) in [4.78, 5) is 24.3. The van der Waals surface area contributed by atoms with Crippen molar-refractivity contribution < 1.29 is 14.3 Å². The lowest BCUT2D eigenvalue weighted by Gasteiger charge is -2.05. The SMILES string of the molecule is COC(=O)c1nc(-c2ccccn2)n(-c2ccc(OC)nc2)n1. The summed E-state index contributed by atoms with van der Waals surface area (Å²) in [5.74, 6) is 0.214. The lowest BCUT2D eigenvalue weighted by molar-refractivity contribution is 0.0587. The molecule has 0 spiro atoms. The van der Waals surface area contributed by atoms with E-state index in [2.05, 4.69) is 24.8 Å². The first-order valence-electron chi connectivity index (χ1n) is 6.70. The van der Waals surface area contributed by atoms with Crippen molar-refractivity contribution in [2.24, 2.45) is 0 Å². The van der Waals surface area contributed by atoms with Crippen LogP contribution in [0.5, 0.6) is 5.88 Å². The van der Waals surface area contributed by atoms with E-state index in [0.717, 1.165) is 0 Å². The van der Waals surface area contributed by atoms with Gasteiger partial charge in [-0.25, -0.2) is 14.5 Å². The van der Waals surface area contributed by atoms with Gasteiger partial charge in [0.25, 0.3) is 5.82 Å². The van der Waals surface area contributed by atoms with Crippen LogP contribution in [0.25, 0.3) is 17.2 Å². The van der Waals surface area contributed by atoms with Gasteiger partial charge in [-0.05, 0) is 18.2 Å². The van der Waals surface area contributed by atoms with E-state index in [4.69, 9.17) is 4.74 Å². The van der Waals surface area contributed by atoms with Gasteiger partial charge in [-0.2, -0.15) is 4.98 Å². The molecule has 0 fully saturated rings. The van der Waals surface area contributed by atoms with Crippen molar-refractivity contribution in [1.29, 1.82) is 0 Å². The molecule has 0 N–H and O–H groups in total. The van der Waals surface area contributed by atoms with Gasteiger partial charge in [0.15, 0.2) is 5.82 Å². The van der Waals surface area contributed by atoms with Crippen LogP contribution in [-0.4, -0.2) is 44.9 Å². The Hall–Kier alpha value is -3.29. The van der Waals surface area contributed by atoms with Crippen LogP contribution >= 0.6 is 0 Å². The molecule has 0 radical (unpaired) electrons. The van der Waals surface area contributed by atoms with Crippen molar-refractivity contribution in [3.63, 3.8) is 0 Å². The number of esters is 1. The summed E-state index contributed by atoms with van der Waals surface area (Å²) in [5.41, 5.74) is 1.19. The summed E-state index contributed by atoms with van der Waals surface area (Å²) in [5, 5.41) is 4.19. The molecule has 0 amide bonds. The molecule has 0 aliphatic rings. The fourth-order valence-corrected chi connectivity index (χ4v) is 1.95. The molecule has 3 rings (SSSR count). The van der Waals surface area contributed by atoms with Crippen molar-refractivity contribution >= 4 is 5.97 Å². The number of nitrogens with zero attached hydrogens (tertiary/aromatic N) is 5. The fraction of sp³-hybridized carbons (Fsp3) is 0.133. The average Bonchev–Trinajstić information content (AvgIpc) is 3.07. The molecule has 0 atom stereocenters. The van der Waals surface area contributed by atoms with Crippen LogP contribution in [0.3, 0.4) is 0 Å². The Kier molecular flexibility index (Phi) is 3.96. The highest BCUT2D eigenvalue weighted by atomic mass is 16.5. The molecule has 0 aliphatic heterocycles. The van der Waals surface area contributed by atoms with Crippen LogP contribution in [0.2, 0.25) is 0 Å². The predicted octanol–water partition coefficient (Wildman–Crippen LogP) is 1.52. The molecule has 0 aliphatic carbocycles. The molecule has 3 aromatic heterocycles. The normalized spacial score (nSPS) is 10.3. The molecule has 8 nitrogen and oxygen atoms in total. The van der Waals surface area contributed by atoms with E-state index in [1.807, 2.05) is 6.07 Å². The van der Waals surface area contributed by atoms with E-state index in [-0.39, 0.29) is 5.82 Å². The van der Waals surface area contributed by atoms with Crippen LogP contribution in [0.15, 0.2) is 42.7 Å². The number of aromatic nitrogens is 5. The first kappa shape index (κ1) is 14.6. The van der Waals surface area contributed by atoms with Crippen LogP contribution < -0.4 is 4.74 Å². The van der Waals surface area contributed by atoms with E-state index in [9.17, 15) is 4.79 Å². The third-order valence-electron chi connectivity index (χ3n) is 3.04. The van der Waals surface area contributed by atoms with E-state index in [0.29, 0.717) is 23.1 Å². The minimum Gasteiger partial charge on any atom is -0.481 e. The maximum absolute atomic E-state index is 11.7. The Morgan fingerprint density at radius 3 is 2.61 bits per heavy atom. The number of methoxy groups -OCH3 is 2. The van der Waals surface area contributed by atoms with Crippen LogP contribution in [0, 0.1) is 0 Å². The highest BCUT2D eigenvalue weighted by Gasteiger charge is 2.19. The van der Waals surface area contributed by atoms with Gasteiger partial charge in [0.05, 0.1) is 26.1 Å². The number of carbonyl (C=O) groups excluding carboxylic acids is 1. The second-order valence-corrected chi connectivity index (χ2v) is 4.44. The maximum atomic E-state index is 11.7. The molecule has 3 aromatic rings. The summed E-state index contributed by atoms with van der Waals surface area (Å²) in [6, 6.07) is 8.84. The maximum Gasteiger partial charge on any atom is 0.377 e. The number of pyridine rings is 2. The fourth-order valence-electron chi connectivity index (χ4n) is 1.95. The number of carbonyl (C=O) groups is 1. The number of hydrogen-bond donors (Lipinski definition) is 0. The topological polar surface area (TPSA) is 92.0 Å². The van der Waals surface area contributed by atoms with Gasteiger partial charge in [-0.1, -0.05) is 6.07 Å². The monoisotopic (exact) mass is 311 g/mol. The molecule has 0 bridgehead atoms. The van der Waals surface area contributed by atoms with Crippen molar-refractivity contribution in [2.75, 3.05) is 14.2 Å². The summed E-state index contributed by atoms with van der Waals surface area (Å²) < 4.78 is 11.2. The lowest BCUT2D eigenvalue weighted by atomic mass is 10.3. The lowest BCUT2D eigenvalue weighted by Crippen LogP contribution is -2.05. The smallest absolute Gasteiger partial charge is 0.377 e. The first-order chi connectivity index (χ1) is 11.2. The van der Waals surface area contributed by atoms with E-state index in [1.165, 1.54) is 18.9 Å². The average molecular weight is 311 g/mol. The molecule has 0 aromatic carbocycles. The molecule has 8 heteroatoms. The van der Waals surface area contributed by atoms with Crippen molar-refractivity contribution in [1.82, 2.24) is 24.7 Å². The van der Waals surface area contributed by atoms with Crippen molar-refractivity contribution in [3.8, 4) is 23.1 Å². The van der Waals surface area contributed by atoms with Crippen LogP contribution in [0.4, 0.5) is 0 Å². The summed E-state index contributed by atoms with van der Waals surface area (Å²) in [6.07, 6.45) is 3.21. The Balaban J connectivity index is 2.13. The highest BCUT2D eigenvalue weighted by molar-refractivity contribution is 5.85. The van der Waals surface area contributed by atoms with Gasteiger partial charge in [0.2, 0.25) is 5.88 Å². The Morgan fingerprint density at radius 2 is 2.00 bits per heavy atom. The molecule has 23 heavy (non-hydrogen) atoms. The standard InChI is InChI=1S/C15H13N5O3/c1-22-12-7-6-10(9-17-12)20-14(11-5-3-4-8-16-11)18-13(19-20)15(21)23-2/h3-9H,1-2H3. The Bertz CT molecular complexity index is 815. The molecule has 0 saturated heterocycles. The third kappa shape index (κ3) is 2.86. The molecule has 0 unspecified atom stereocenters. The van der Waals surface area contributed by atoms with Crippen molar-refractivity contribution in [3.05, 3.63) is 48.5 Å². The molecule has 3 heterocycles. The second-order valence-electron chi connectivity index (χ2n) is 4.44. The zero-order valence-corrected chi connectivity index (χ0v) is 12.5. The third-order valence-corrected chi connectivity index (χ3v) is 3.04. The zero-order valence-electron chi connectivity index (χ0n) is 12.5. The van der Waals surface area contributed by atoms with E-state index < -0.39 is 5.97 Å². The number of hydrogen-bond acceptors (Lipinski definition) is 7. The van der Waals surface area contributed by atoms with Gasteiger partial charge < -0.3 is 9.47 Å². The molecular weight excluding hydrogens is 298 g/mol. The van der Waals surface area contributed by atoms with Gasteiger partial charge in [0.1, 0.15) is 5.69 Å². The molecular formula is C15H13N5O3. The summed E-state index contributed by atoms with van der Waals surface area (Å²) in [7, 11) is 2.81. The minimum atomic E-state index is -0.623. The van der Waals surface area contributed by atoms with Crippen LogP contribution in [-0.2, 0) is 4.74 Å². The first-order valence-corrected chi connectivity index (χ1v) is 6.70. The number of rotatable bonds is 4. The van der Waals surface area contributed by atoms with Crippen LogP contribution in [0.1, 0.15) is 10.6 Å². The van der Waals surface area contributed by atoms with E-state index in [1.54, 1.807) is 36.7 Å².